The number of allylic oxidation sites excluding steroid dienone is 2. The average molecular weight is 296 g/mol. The fourth-order valence-corrected chi connectivity index (χ4v) is 3.71. The second-order valence-corrected chi connectivity index (χ2v) is 6.03. The van der Waals surface area contributed by atoms with Gasteiger partial charge in [0.05, 0.1) is 18.6 Å². The van der Waals surface area contributed by atoms with E-state index in [-0.39, 0.29) is 41.7 Å². The first-order chi connectivity index (χ1) is 9.93. The first kappa shape index (κ1) is 16.0. The van der Waals surface area contributed by atoms with Gasteiger partial charge >= 0.3 is 11.9 Å². The van der Waals surface area contributed by atoms with Crippen LogP contribution in [0.1, 0.15) is 33.6 Å². The third kappa shape index (κ3) is 3.46. The third-order valence-corrected chi connectivity index (χ3v) is 4.51. The van der Waals surface area contributed by atoms with E-state index in [0.29, 0.717) is 19.4 Å². The van der Waals surface area contributed by atoms with Crippen molar-refractivity contribution in [3.05, 3.63) is 12.2 Å². The predicted octanol–water partition coefficient (Wildman–Crippen LogP) is 1.69. The monoisotopic (exact) mass is 296 g/mol. The van der Waals surface area contributed by atoms with Gasteiger partial charge in [-0.25, -0.2) is 0 Å². The molecule has 0 radical (unpaired) electrons. The van der Waals surface area contributed by atoms with E-state index in [1.807, 2.05) is 19.1 Å². The van der Waals surface area contributed by atoms with Gasteiger partial charge in [0.15, 0.2) is 0 Å². The van der Waals surface area contributed by atoms with E-state index in [4.69, 9.17) is 9.47 Å². The first-order valence-electron chi connectivity index (χ1n) is 7.64. The highest BCUT2D eigenvalue weighted by atomic mass is 16.5. The lowest BCUT2D eigenvalue weighted by Gasteiger charge is -2.44. The Bertz CT molecular complexity index is 430. The van der Waals surface area contributed by atoms with Crippen LogP contribution in [0.25, 0.3) is 0 Å². The lowest BCUT2D eigenvalue weighted by Crippen LogP contribution is -2.49. The second kappa shape index (κ2) is 6.60. The van der Waals surface area contributed by atoms with Crippen LogP contribution in [0.4, 0.5) is 0 Å². The Morgan fingerprint density at radius 1 is 1.29 bits per heavy atom. The molecule has 0 spiro atoms. The molecule has 0 saturated heterocycles. The number of aliphatic hydroxyl groups is 1. The summed E-state index contributed by atoms with van der Waals surface area (Å²) in [6, 6.07) is 0. The minimum absolute atomic E-state index is 0.0451. The number of ether oxygens (including phenoxy) is 2. The van der Waals surface area contributed by atoms with Crippen LogP contribution in [-0.2, 0) is 19.1 Å². The third-order valence-electron chi connectivity index (χ3n) is 4.51. The molecule has 0 heterocycles. The lowest BCUT2D eigenvalue weighted by atomic mass is 9.63. The first-order valence-corrected chi connectivity index (χ1v) is 7.64. The maximum absolute atomic E-state index is 12.2. The van der Waals surface area contributed by atoms with Crippen LogP contribution in [0.5, 0.6) is 0 Å². The molecule has 1 N–H and O–H groups in total. The summed E-state index contributed by atoms with van der Waals surface area (Å²) in [5.74, 6) is -0.965. The molecule has 0 aromatic carbocycles. The maximum Gasteiger partial charge on any atom is 0.309 e. The van der Waals surface area contributed by atoms with E-state index in [1.54, 1.807) is 6.92 Å². The molecule has 6 atom stereocenters. The Balaban J connectivity index is 2.17. The highest BCUT2D eigenvalue weighted by Gasteiger charge is 2.47. The van der Waals surface area contributed by atoms with Crippen LogP contribution in [0.2, 0.25) is 0 Å². The minimum Gasteiger partial charge on any atom is -0.466 e. The molecule has 5 heteroatoms. The summed E-state index contributed by atoms with van der Waals surface area (Å²) in [6.45, 7) is 5.47. The van der Waals surface area contributed by atoms with Gasteiger partial charge in [0, 0.05) is 19.3 Å². The Labute approximate surface area is 125 Å². The van der Waals surface area contributed by atoms with E-state index in [1.165, 1.54) is 6.92 Å². The molecule has 1 fully saturated rings. The smallest absolute Gasteiger partial charge is 0.309 e. The number of hydrogen-bond acceptors (Lipinski definition) is 5. The van der Waals surface area contributed by atoms with E-state index >= 15 is 0 Å². The Kier molecular flexibility index (Phi) is 5.04. The predicted molar refractivity (Wildman–Crippen MR) is 76.2 cm³/mol. The molecular weight excluding hydrogens is 272 g/mol. The number of fused-ring (bicyclic) bond motifs is 1. The van der Waals surface area contributed by atoms with Gasteiger partial charge in [-0.1, -0.05) is 19.1 Å². The normalized spacial score (nSPS) is 38.5. The summed E-state index contributed by atoms with van der Waals surface area (Å²) in [5, 5.41) is 10.5. The van der Waals surface area contributed by atoms with Crippen molar-refractivity contribution in [2.24, 2.45) is 23.7 Å². The number of esters is 2. The van der Waals surface area contributed by atoms with Crippen molar-refractivity contribution in [2.75, 3.05) is 6.61 Å². The summed E-state index contributed by atoms with van der Waals surface area (Å²) >= 11 is 0. The molecule has 1 saturated carbocycles. The van der Waals surface area contributed by atoms with Gasteiger partial charge in [-0.15, -0.1) is 0 Å². The van der Waals surface area contributed by atoms with Gasteiger partial charge in [0.2, 0.25) is 0 Å². The van der Waals surface area contributed by atoms with Gasteiger partial charge in [-0.05, 0) is 25.2 Å². The summed E-state index contributed by atoms with van der Waals surface area (Å²) < 4.78 is 10.4. The zero-order valence-corrected chi connectivity index (χ0v) is 12.8. The summed E-state index contributed by atoms with van der Waals surface area (Å²) in [4.78, 5) is 23.3. The van der Waals surface area contributed by atoms with Crippen LogP contribution in [-0.4, -0.2) is 35.9 Å². The van der Waals surface area contributed by atoms with Crippen LogP contribution in [0.15, 0.2) is 12.2 Å². The highest BCUT2D eigenvalue weighted by Crippen LogP contribution is 2.44. The largest absolute Gasteiger partial charge is 0.466 e. The molecule has 2 aliphatic rings. The van der Waals surface area contributed by atoms with Crippen LogP contribution in [0.3, 0.4) is 0 Å². The van der Waals surface area contributed by atoms with E-state index in [0.717, 1.165) is 0 Å². The lowest BCUT2D eigenvalue weighted by molar-refractivity contribution is -0.164. The van der Waals surface area contributed by atoms with Crippen molar-refractivity contribution in [3.63, 3.8) is 0 Å². The molecule has 0 amide bonds. The van der Waals surface area contributed by atoms with Crippen molar-refractivity contribution in [1.82, 2.24) is 0 Å². The van der Waals surface area contributed by atoms with Crippen molar-refractivity contribution in [2.45, 2.75) is 45.8 Å². The molecule has 2 aliphatic carbocycles. The minimum atomic E-state index is -0.657. The topological polar surface area (TPSA) is 72.8 Å². The standard InChI is InChI=1S/C16H24O5/c1-4-20-16(19)14-9(2)5-6-11-7-12(21-10(3)17)8-13(18)15(11)14/h5-6,9,11-15,18H,4,7-8H2,1-3H3/t9-,11?,12+,13-,14-,15?/m0/s1. The molecule has 118 valence electrons. The quantitative estimate of drug-likeness (QED) is 0.634. The van der Waals surface area contributed by atoms with E-state index in [2.05, 4.69) is 0 Å². The SMILES string of the molecule is CCOC(=O)[C@@H]1C2C(C=C[C@@H]1C)C[C@@H](OC(C)=O)C[C@@H]2O. The molecule has 0 aromatic rings. The zero-order chi connectivity index (χ0) is 15.6. The van der Waals surface area contributed by atoms with Gasteiger partial charge < -0.3 is 14.6 Å². The van der Waals surface area contributed by atoms with Gasteiger partial charge in [-0.3, -0.25) is 9.59 Å². The van der Waals surface area contributed by atoms with Crippen LogP contribution < -0.4 is 0 Å². The fraction of sp³-hybridized carbons (Fsp3) is 0.750. The number of aliphatic hydroxyl groups excluding tert-OH is 1. The molecule has 21 heavy (non-hydrogen) atoms. The molecule has 0 aliphatic heterocycles. The van der Waals surface area contributed by atoms with Gasteiger partial charge in [-0.2, -0.15) is 0 Å². The Hall–Kier alpha value is -1.36. The number of rotatable bonds is 3. The van der Waals surface area contributed by atoms with Gasteiger partial charge in [0.25, 0.3) is 0 Å². The van der Waals surface area contributed by atoms with Crippen LogP contribution >= 0.6 is 0 Å². The molecule has 5 nitrogen and oxygen atoms in total. The Morgan fingerprint density at radius 3 is 2.62 bits per heavy atom. The average Bonchev–Trinajstić information content (AvgIpc) is 2.38. The molecule has 2 rings (SSSR count). The van der Waals surface area contributed by atoms with E-state index in [9.17, 15) is 14.7 Å². The molecule has 2 unspecified atom stereocenters. The number of carbonyl (C=O) groups excluding carboxylic acids is 2. The fourth-order valence-electron chi connectivity index (χ4n) is 3.71. The Morgan fingerprint density at radius 2 is 2.00 bits per heavy atom. The molecular formula is C16H24O5. The van der Waals surface area contributed by atoms with Crippen molar-refractivity contribution < 1.29 is 24.2 Å². The number of hydrogen-bond donors (Lipinski definition) is 1. The maximum atomic E-state index is 12.2. The summed E-state index contributed by atoms with van der Waals surface area (Å²) in [7, 11) is 0. The summed E-state index contributed by atoms with van der Waals surface area (Å²) in [5.41, 5.74) is 0. The number of carbonyl (C=O) groups is 2. The second-order valence-electron chi connectivity index (χ2n) is 6.03. The van der Waals surface area contributed by atoms with Crippen molar-refractivity contribution >= 4 is 11.9 Å². The van der Waals surface area contributed by atoms with E-state index < -0.39 is 6.10 Å². The van der Waals surface area contributed by atoms with Crippen molar-refractivity contribution in [3.8, 4) is 0 Å². The van der Waals surface area contributed by atoms with Gasteiger partial charge in [0.1, 0.15) is 6.10 Å². The molecule has 0 aromatic heterocycles. The zero-order valence-electron chi connectivity index (χ0n) is 12.8. The highest BCUT2D eigenvalue weighted by molar-refractivity contribution is 5.74. The summed E-state index contributed by atoms with van der Waals surface area (Å²) in [6.07, 6.45) is 4.15. The van der Waals surface area contributed by atoms with Crippen LogP contribution in [0, 0.1) is 23.7 Å². The van der Waals surface area contributed by atoms with Crippen molar-refractivity contribution in [1.29, 1.82) is 0 Å². The molecule has 0 bridgehead atoms.